The molecule has 3 rings (SSSR count). The third kappa shape index (κ3) is 3.39. The predicted molar refractivity (Wildman–Crippen MR) is 88.6 cm³/mol. The highest BCUT2D eigenvalue weighted by atomic mass is 32.2. The predicted octanol–water partition coefficient (Wildman–Crippen LogP) is 1.30. The van der Waals surface area contributed by atoms with E-state index in [2.05, 4.69) is 20.0 Å². The van der Waals surface area contributed by atoms with Crippen molar-refractivity contribution in [1.82, 2.24) is 20.0 Å². The first-order valence-electron chi connectivity index (χ1n) is 7.10. The normalized spacial score (nSPS) is 11.3. The average molecular weight is 342 g/mol. The first-order chi connectivity index (χ1) is 11.6. The standard InChI is InChI=1S/C16H14N4O3S/c21-16(13-7-1-2-9-17-13)19-11-20-24(22,23)14-8-3-5-12-6-4-10-18-15(12)14/h1-10,20H,11H2,(H,19,21). The van der Waals surface area contributed by atoms with Crippen molar-refractivity contribution >= 4 is 26.8 Å². The molecule has 122 valence electrons. The van der Waals surface area contributed by atoms with Gasteiger partial charge in [-0.2, -0.15) is 4.72 Å². The van der Waals surface area contributed by atoms with Crippen LogP contribution in [0.1, 0.15) is 10.5 Å². The fraction of sp³-hybridized carbons (Fsp3) is 0.0625. The molecule has 1 aromatic carbocycles. The maximum absolute atomic E-state index is 12.4. The molecule has 0 saturated carbocycles. The zero-order valence-electron chi connectivity index (χ0n) is 12.5. The Bertz CT molecular complexity index is 970. The molecule has 0 unspecified atom stereocenters. The molecule has 1 amide bonds. The van der Waals surface area contributed by atoms with Gasteiger partial charge in [0.15, 0.2) is 0 Å². The van der Waals surface area contributed by atoms with Gasteiger partial charge in [0.1, 0.15) is 10.6 Å². The Balaban J connectivity index is 1.73. The van der Waals surface area contributed by atoms with E-state index in [1.54, 1.807) is 42.5 Å². The minimum atomic E-state index is -3.81. The lowest BCUT2D eigenvalue weighted by atomic mass is 10.2. The number of carbonyl (C=O) groups excluding carboxylic acids is 1. The summed E-state index contributed by atoms with van der Waals surface area (Å²) in [5, 5.41) is 3.18. The number of sulfonamides is 1. The number of pyridine rings is 2. The Hall–Kier alpha value is -2.84. The lowest BCUT2D eigenvalue weighted by molar-refractivity contribution is 0.0948. The highest BCUT2D eigenvalue weighted by Gasteiger charge is 2.18. The van der Waals surface area contributed by atoms with E-state index >= 15 is 0 Å². The summed E-state index contributed by atoms with van der Waals surface area (Å²) in [4.78, 5) is 19.9. The van der Waals surface area contributed by atoms with Gasteiger partial charge in [0.05, 0.1) is 12.2 Å². The molecule has 0 bridgehead atoms. The fourth-order valence-corrected chi connectivity index (χ4v) is 3.27. The topological polar surface area (TPSA) is 101 Å². The van der Waals surface area contributed by atoms with Crippen LogP contribution in [-0.2, 0) is 10.0 Å². The van der Waals surface area contributed by atoms with Crippen LogP contribution >= 0.6 is 0 Å². The van der Waals surface area contributed by atoms with Crippen LogP contribution in [0, 0.1) is 0 Å². The monoisotopic (exact) mass is 342 g/mol. The van der Waals surface area contributed by atoms with Gasteiger partial charge in [0.2, 0.25) is 10.0 Å². The molecule has 0 aliphatic heterocycles. The second-order valence-electron chi connectivity index (χ2n) is 4.88. The number of rotatable bonds is 5. The van der Waals surface area contributed by atoms with Crippen LogP contribution in [0.2, 0.25) is 0 Å². The summed E-state index contributed by atoms with van der Waals surface area (Å²) in [5.74, 6) is -0.464. The van der Waals surface area contributed by atoms with Crippen molar-refractivity contribution in [1.29, 1.82) is 0 Å². The molecule has 0 aliphatic carbocycles. The van der Waals surface area contributed by atoms with E-state index in [1.807, 2.05) is 0 Å². The summed E-state index contributed by atoms with van der Waals surface area (Å²) in [6.45, 7) is -0.249. The van der Waals surface area contributed by atoms with Gasteiger partial charge in [-0.1, -0.05) is 24.3 Å². The first-order valence-corrected chi connectivity index (χ1v) is 8.59. The zero-order chi connectivity index (χ0) is 17.0. The molecule has 8 heteroatoms. The summed E-state index contributed by atoms with van der Waals surface area (Å²) in [6.07, 6.45) is 3.02. The largest absolute Gasteiger partial charge is 0.337 e. The maximum atomic E-state index is 12.4. The van der Waals surface area contributed by atoms with E-state index in [4.69, 9.17) is 0 Å². The number of benzene rings is 1. The molecule has 0 spiro atoms. The van der Waals surface area contributed by atoms with Crippen molar-refractivity contribution in [2.75, 3.05) is 6.67 Å². The summed E-state index contributed by atoms with van der Waals surface area (Å²) in [5.41, 5.74) is 0.590. The van der Waals surface area contributed by atoms with E-state index in [9.17, 15) is 13.2 Å². The molecule has 0 saturated heterocycles. The van der Waals surface area contributed by atoms with Gasteiger partial charge in [0, 0.05) is 17.8 Å². The summed E-state index contributed by atoms with van der Waals surface area (Å²) in [7, 11) is -3.81. The van der Waals surface area contributed by atoms with Crippen molar-refractivity contribution in [2.24, 2.45) is 0 Å². The molecular formula is C16H14N4O3S. The van der Waals surface area contributed by atoms with Crippen LogP contribution in [0.25, 0.3) is 10.9 Å². The number of hydrogen-bond donors (Lipinski definition) is 2. The lowest BCUT2D eigenvalue weighted by Gasteiger charge is -2.09. The number of carbonyl (C=O) groups is 1. The van der Waals surface area contributed by atoms with Crippen LogP contribution in [0.15, 0.2) is 65.8 Å². The molecule has 0 atom stereocenters. The van der Waals surface area contributed by atoms with Crippen molar-refractivity contribution in [2.45, 2.75) is 4.90 Å². The quantitative estimate of drug-likeness (QED) is 0.681. The summed E-state index contributed by atoms with van der Waals surface area (Å²) in [6, 6.07) is 13.3. The minimum Gasteiger partial charge on any atom is -0.337 e. The third-order valence-corrected chi connectivity index (χ3v) is 4.73. The van der Waals surface area contributed by atoms with Crippen LogP contribution in [0.3, 0.4) is 0 Å². The minimum absolute atomic E-state index is 0.0627. The number of amides is 1. The van der Waals surface area contributed by atoms with Crippen LogP contribution in [-0.4, -0.2) is 31.0 Å². The number of fused-ring (bicyclic) bond motifs is 1. The Morgan fingerprint density at radius 1 is 0.958 bits per heavy atom. The number of aromatic nitrogens is 2. The van der Waals surface area contributed by atoms with E-state index < -0.39 is 15.9 Å². The molecule has 0 aliphatic rings. The van der Waals surface area contributed by atoms with Crippen molar-refractivity contribution in [3.8, 4) is 0 Å². The van der Waals surface area contributed by atoms with E-state index in [0.29, 0.717) is 5.52 Å². The molecule has 7 nitrogen and oxygen atoms in total. The SMILES string of the molecule is O=C(NCNS(=O)(=O)c1cccc2cccnc12)c1ccccn1. The highest BCUT2D eigenvalue weighted by molar-refractivity contribution is 7.89. The number of nitrogens with one attached hydrogen (secondary N) is 2. The second kappa shape index (κ2) is 6.73. The van der Waals surface area contributed by atoms with E-state index in [-0.39, 0.29) is 17.3 Å². The third-order valence-electron chi connectivity index (χ3n) is 3.29. The van der Waals surface area contributed by atoms with Crippen molar-refractivity contribution in [3.63, 3.8) is 0 Å². The highest BCUT2D eigenvalue weighted by Crippen LogP contribution is 2.20. The van der Waals surface area contributed by atoms with Gasteiger partial charge in [0.25, 0.3) is 5.91 Å². The summed E-state index contributed by atoms with van der Waals surface area (Å²) < 4.78 is 27.2. The fourth-order valence-electron chi connectivity index (χ4n) is 2.17. The number of hydrogen-bond acceptors (Lipinski definition) is 5. The van der Waals surface area contributed by atoms with E-state index in [0.717, 1.165) is 5.39 Å². The van der Waals surface area contributed by atoms with Gasteiger partial charge in [-0.3, -0.25) is 14.8 Å². The van der Waals surface area contributed by atoms with Gasteiger partial charge < -0.3 is 5.32 Å². The Labute approximate surface area is 138 Å². The molecule has 2 heterocycles. The molecular weight excluding hydrogens is 328 g/mol. The molecule has 0 radical (unpaired) electrons. The van der Waals surface area contributed by atoms with Crippen LogP contribution in [0.4, 0.5) is 0 Å². The Morgan fingerprint density at radius 3 is 2.54 bits per heavy atom. The average Bonchev–Trinajstić information content (AvgIpc) is 2.61. The van der Waals surface area contributed by atoms with Gasteiger partial charge >= 0.3 is 0 Å². The summed E-state index contributed by atoms with van der Waals surface area (Å²) >= 11 is 0. The van der Waals surface area contributed by atoms with E-state index in [1.165, 1.54) is 18.5 Å². The number of nitrogens with zero attached hydrogens (tertiary/aromatic N) is 2. The molecule has 2 N–H and O–H groups in total. The smallest absolute Gasteiger partial charge is 0.270 e. The van der Waals surface area contributed by atoms with Gasteiger partial charge in [-0.05, 0) is 24.3 Å². The Morgan fingerprint density at radius 2 is 1.75 bits per heavy atom. The maximum Gasteiger partial charge on any atom is 0.270 e. The molecule has 0 fully saturated rings. The van der Waals surface area contributed by atoms with Crippen molar-refractivity contribution < 1.29 is 13.2 Å². The zero-order valence-corrected chi connectivity index (χ0v) is 13.3. The van der Waals surface area contributed by atoms with Crippen LogP contribution in [0.5, 0.6) is 0 Å². The van der Waals surface area contributed by atoms with Gasteiger partial charge in [-0.15, -0.1) is 0 Å². The molecule has 2 aromatic heterocycles. The Kier molecular flexibility index (Phi) is 4.50. The van der Waals surface area contributed by atoms with Crippen molar-refractivity contribution in [3.05, 3.63) is 66.6 Å². The first kappa shape index (κ1) is 16.0. The second-order valence-corrected chi connectivity index (χ2v) is 6.61. The lowest BCUT2D eigenvalue weighted by Crippen LogP contribution is -2.37. The molecule has 3 aromatic rings. The van der Waals surface area contributed by atoms with Crippen LogP contribution < -0.4 is 10.0 Å². The molecule has 24 heavy (non-hydrogen) atoms. The van der Waals surface area contributed by atoms with Gasteiger partial charge in [-0.25, -0.2) is 8.42 Å². The number of para-hydroxylation sites is 1.